The minimum absolute atomic E-state index is 0.640. The zero-order valence-electron chi connectivity index (χ0n) is 12.5. The number of aryl methyl sites for hydroxylation is 1. The molecule has 2 rings (SSSR count). The van der Waals surface area contributed by atoms with E-state index < -0.39 is 0 Å². The van der Waals surface area contributed by atoms with E-state index >= 15 is 0 Å². The van der Waals surface area contributed by atoms with E-state index in [1.807, 2.05) is 49.1 Å². The van der Waals surface area contributed by atoms with Crippen molar-refractivity contribution in [1.29, 1.82) is 0 Å². The van der Waals surface area contributed by atoms with Gasteiger partial charge in [-0.1, -0.05) is 23.7 Å². The molecule has 0 aliphatic heterocycles. The first kappa shape index (κ1) is 15.4. The highest BCUT2D eigenvalue weighted by atomic mass is 35.5. The Morgan fingerprint density at radius 1 is 1.38 bits per heavy atom. The molecule has 0 aliphatic rings. The molecule has 1 heterocycles. The Labute approximate surface area is 130 Å². The van der Waals surface area contributed by atoms with Crippen molar-refractivity contribution in [2.75, 3.05) is 14.1 Å². The number of hydrogen-bond donors (Lipinski definition) is 1. The molecule has 1 N–H and O–H groups in total. The van der Waals surface area contributed by atoms with Crippen molar-refractivity contribution in [2.24, 2.45) is 12.0 Å². The predicted octanol–water partition coefficient (Wildman–Crippen LogP) is 2.28. The molecule has 1 aromatic heterocycles. The zero-order valence-corrected chi connectivity index (χ0v) is 13.3. The molecule has 2 aromatic rings. The van der Waals surface area contributed by atoms with Gasteiger partial charge in [-0.3, -0.25) is 4.99 Å². The van der Waals surface area contributed by atoms with E-state index in [0.29, 0.717) is 6.54 Å². The second-order valence-electron chi connectivity index (χ2n) is 4.84. The number of hydrogen-bond acceptors (Lipinski definition) is 2. The second kappa shape index (κ2) is 7.13. The van der Waals surface area contributed by atoms with Gasteiger partial charge in [-0.25, -0.2) is 4.98 Å². The fourth-order valence-electron chi connectivity index (χ4n) is 2.05. The summed E-state index contributed by atoms with van der Waals surface area (Å²) in [4.78, 5) is 10.6. The number of aliphatic imine (C=N–C) groups is 1. The van der Waals surface area contributed by atoms with Crippen molar-refractivity contribution in [3.63, 3.8) is 0 Å². The van der Waals surface area contributed by atoms with E-state index in [1.54, 1.807) is 13.2 Å². The summed E-state index contributed by atoms with van der Waals surface area (Å²) >= 11 is 5.90. The van der Waals surface area contributed by atoms with Crippen LogP contribution in [0, 0.1) is 0 Å². The molecule has 21 heavy (non-hydrogen) atoms. The van der Waals surface area contributed by atoms with Crippen molar-refractivity contribution in [3.8, 4) is 0 Å². The highest BCUT2D eigenvalue weighted by Crippen LogP contribution is 2.11. The van der Waals surface area contributed by atoms with Gasteiger partial charge >= 0.3 is 0 Å². The Morgan fingerprint density at radius 3 is 2.67 bits per heavy atom. The molecule has 0 atom stereocenters. The molecule has 0 amide bonds. The lowest BCUT2D eigenvalue weighted by Gasteiger charge is -2.22. The fourth-order valence-corrected chi connectivity index (χ4v) is 2.17. The van der Waals surface area contributed by atoms with Crippen LogP contribution in [0.2, 0.25) is 5.02 Å². The number of guanidine groups is 1. The van der Waals surface area contributed by atoms with Gasteiger partial charge in [0.1, 0.15) is 5.82 Å². The summed E-state index contributed by atoms with van der Waals surface area (Å²) in [6.07, 6.45) is 3.72. The van der Waals surface area contributed by atoms with Crippen molar-refractivity contribution in [3.05, 3.63) is 53.1 Å². The summed E-state index contributed by atoms with van der Waals surface area (Å²) in [5, 5.41) is 4.06. The molecular formula is C15H20ClN5. The van der Waals surface area contributed by atoms with Gasteiger partial charge in [-0.15, -0.1) is 0 Å². The molecule has 0 bridgehead atoms. The van der Waals surface area contributed by atoms with E-state index in [4.69, 9.17) is 11.6 Å². The number of nitrogens with zero attached hydrogens (tertiary/aromatic N) is 4. The quantitative estimate of drug-likeness (QED) is 0.696. The van der Waals surface area contributed by atoms with E-state index in [9.17, 15) is 0 Å². The van der Waals surface area contributed by atoms with E-state index in [0.717, 1.165) is 23.4 Å². The van der Waals surface area contributed by atoms with Gasteiger partial charge < -0.3 is 14.8 Å². The lowest BCUT2D eigenvalue weighted by molar-refractivity contribution is 0.474. The largest absolute Gasteiger partial charge is 0.349 e. The van der Waals surface area contributed by atoms with Crippen LogP contribution in [0.25, 0.3) is 0 Å². The molecule has 0 fully saturated rings. The van der Waals surface area contributed by atoms with E-state index in [2.05, 4.69) is 20.2 Å². The predicted molar refractivity (Wildman–Crippen MR) is 86.3 cm³/mol. The van der Waals surface area contributed by atoms with Crippen LogP contribution in [0.1, 0.15) is 11.4 Å². The van der Waals surface area contributed by atoms with Crippen molar-refractivity contribution in [2.45, 2.75) is 13.1 Å². The highest BCUT2D eigenvalue weighted by molar-refractivity contribution is 6.30. The van der Waals surface area contributed by atoms with Gasteiger partial charge in [0.25, 0.3) is 0 Å². The van der Waals surface area contributed by atoms with Crippen LogP contribution in [0.3, 0.4) is 0 Å². The number of nitrogens with one attached hydrogen (secondary N) is 1. The Balaban J connectivity index is 1.94. The number of benzene rings is 1. The molecule has 0 spiro atoms. The van der Waals surface area contributed by atoms with Crippen LogP contribution in [0.4, 0.5) is 0 Å². The van der Waals surface area contributed by atoms with E-state index in [1.165, 1.54) is 5.56 Å². The maximum absolute atomic E-state index is 5.90. The third-order valence-electron chi connectivity index (χ3n) is 3.23. The Morgan fingerprint density at radius 2 is 2.10 bits per heavy atom. The summed E-state index contributed by atoms with van der Waals surface area (Å²) in [5.74, 6) is 1.80. The Bertz CT molecular complexity index is 603. The molecule has 6 heteroatoms. The van der Waals surface area contributed by atoms with E-state index in [-0.39, 0.29) is 0 Å². The van der Waals surface area contributed by atoms with Gasteiger partial charge in [0.05, 0.1) is 6.54 Å². The molecule has 1 aromatic carbocycles. The van der Waals surface area contributed by atoms with Gasteiger partial charge in [0, 0.05) is 45.1 Å². The van der Waals surface area contributed by atoms with Crippen LogP contribution in [0.15, 0.2) is 41.7 Å². The maximum atomic E-state index is 5.90. The highest BCUT2D eigenvalue weighted by Gasteiger charge is 2.08. The normalized spacial score (nSPS) is 11.5. The molecule has 0 unspecified atom stereocenters. The van der Waals surface area contributed by atoms with Crippen molar-refractivity contribution in [1.82, 2.24) is 19.8 Å². The van der Waals surface area contributed by atoms with Crippen molar-refractivity contribution < 1.29 is 0 Å². The Hall–Kier alpha value is -2.01. The molecule has 0 saturated heterocycles. The zero-order chi connectivity index (χ0) is 15.2. The topological polar surface area (TPSA) is 45.5 Å². The molecular weight excluding hydrogens is 286 g/mol. The average molecular weight is 306 g/mol. The van der Waals surface area contributed by atoms with Crippen LogP contribution >= 0.6 is 11.6 Å². The monoisotopic (exact) mass is 305 g/mol. The van der Waals surface area contributed by atoms with Crippen LogP contribution < -0.4 is 5.32 Å². The number of aromatic nitrogens is 2. The third-order valence-corrected chi connectivity index (χ3v) is 3.48. The van der Waals surface area contributed by atoms with Crippen LogP contribution in [-0.4, -0.2) is 34.5 Å². The van der Waals surface area contributed by atoms with Gasteiger partial charge in [-0.2, -0.15) is 0 Å². The lowest BCUT2D eigenvalue weighted by atomic mass is 10.2. The minimum Gasteiger partial charge on any atom is -0.349 e. The summed E-state index contributed by atoms with van der Waals surface area (Å²) in [6, 6.07) is 7.83. The number of rotatable bonds is 4. The standard InChI is InChI=1S/C15H20ClN5/c1-17-15(19-10-14-18-8-9-20(14)2)21(3)11-12-4-6-13(16)7-5-12/h4-9H,10-11H2,1-3H3,(H,17,19). The molecule has 0 aliphatic carbocycles. The Kier molecular flexibility index (Phi) is 5.22. The molecule has 5 nitrogen and oxygen atoms in total. The first-order valence-electron chi connectivity index (χ1n) is 6.72. The lowest BCUT2D eigenvalue weighted by Crippen LogP contribution is -2.38. The summed E-state index contributed by atoms with van der Waals surface area (Å²) in [6.45, 7) is 1.40. The van der Waals surface area contributed by atoms with Crippen LogP contribution in [0.5, 0.6) is 0 Å². The summed E-state index contributed by atoms with van der Waals surface area (Å²) in [7, 11) is 5.76. The average Bonchev–Trinajstić information content (AvgIpc) is 2.88. The van der Waals surface area contributed by atoms with Crippen molar-refractivity contribution >= 4 is 17.6 Å². The third kappa shape index (κ3) is 4.23. The molecule has 112 valence electrons. The summed E-state index contributed by atoms with van der Waals surface area (Å²) in [5.41, 5.74) is 1.18. The fraction of sp³-hybridized carbons (Fsp3) is 0.333. The maximum Gasteiger partial charge on any atom is 0.194 e. The van der Waals surface area contributed by atoms with Crippen LogP contribution in [-0.2, 0) is 20.1 Å². The molecule has 0 radical (unpaired) electrons. The van der Waals surface area contributed by atoms with Gasteiger partial charge in [0.2, 0.25) is 0 Å². The smallest absolute Gasteiger partial charge is 0.194 e. The SMILES string of the molecule is CN=C(NCc1nccn1C)N(C)Cc1ccc(Cl)cc1. The number of imidazole rings is 1. The number of halogens is 1. The first-order valence-corrected chi connectivity index (χ1v) is 7.10. The van der Waals surface area contributed by atoms with Gasteiger partial charge in [-0.05, 0) is 17.7 Å². The second-order valence-corrected chi connectivity index (χ2v) is 5.27. The summed E-state index contributed by atoms with van der Waals surface area (Å²) < 4.78 is 1.99. The minimum atomic E-state index is 0.640. The first-order chi connectivity index (χ1) is 10.1. The molecule has 0 saturated carbocycles. The van der Waals surface area contributed by atoms with Gasteiger partial charge in [0.15, 0.2) is 5.96 Å².